The molecule has 0 unspecified atom stereocenters. The summed E-state index contributed by atoms with van der Waals surface area (Å²) in [7, 11) is 0. The molecule has 0 aliphatic heterocycles. The van der Waals surface area contributed by atoms with Crippen molar-refractivity contribution in [2.45, 2.75) is 26.3 Å². The van der Waals surface area contributed by atoms with E-state index in [1.54, 1.807) is 6.07 Å². The Hall–Kier alpha value is -2.07. The molecule has 0 aromatic heterocycles. The molecule has 0 aliphatic carbocycles. The van der Waals surface area contributed by atoms with Gasteiger partial charge in [0.1, 0.15) is 0 Å². The number of amides is 2. The molecule has 1 rings (SSSR count). The van der Waals surface area contributed by atoms with Crippen molar-refractivity contribution < 1.29 is 14.7 Å². The maximum atomic E-state index is 12.2. The van der Waals surface area contributed by atoms with Gasteiger partial charge in [0.2, 0.25) is 0 Å². The fourth-order valence-corrected chi connectivity index (χ4v) is 2.24. The minimum Gasteiger partial charge on any atom is -0.478 e. The Labute approximate surface area is 131 Å². The van der Waals surface area contributed by atoms with Crippen molar-refractivity contribution >= 4 is 33.6 Å². The second kappa shape index (κ2) is 7.64. The number of rotatable bonds is 5. The predicted octanol–water partition coefficient (Wildman–Crippen LogP) is 3.30. The first kappa shape index (κ1) is 17.0. The van der Waals surface area contributed by atoms with Gasteiger partial charge in [-0.05, 0) is 32.0 Å². The summed E-state index contributed by atoms with van der Waals surface area (Å²) in [6.07, 6.45) is 0.241. The number of benzene rings is 1. The van der Waals surface area contributed by atoms with E-state index in [1.165, 1.54) is 17.0 Å². The Kier molecular flexibility index (Phi) is 6.18. The first-order valence-corrected chi connectivity index (χ1v) is 7.13. The van der Waals surface area contributed by atoms with Gasteiger partial charge in [-0.25, -0.2) is 9.59 Å². The van der Waals surface area contributed by atoms with Gasteiger partial charge in [-0.3, -0.25) is 0 Å². The number of nitrogens with one attached hydrogen (secondary N) is 1. The Balaban J connectivity index is 2.91. The summed E-state index contributed by atoms with van der Waals surface area (Å²) in [5, 5.41) is 20.3. The molecule has 0 heterocycles. The molecule has 0 saturated carbocycles. The molecule has 0 saturated heterocycles. The summed E-state index contributed by atoms with van der Waals surface area (Å²) in [5.74, 6) is -1.07. The Morgan fingerprint density at radius 1 is 1.43 bits per heavy atom. The number of carboxylic acid groups (broad SMARTS) is 1. The summed E-state index contributed by atoms with van der Waals surface area (Å²) in [4.78, 5) is 24.7. The largest absolute Gasteiger partial charge is 0.478 e. The Bertz CT molecular complexity index is 581. The van der Waals surface area contributed by atoms with Crippen molar-refractivity contribution in [1.29, 1.82) is 5.26 Å². The van der Waals surface area contributed by atoms with Crippen LogP contribution in [0.25, 0.3) is 0 Å². The second-order valence-corrected chi connectivity index (χ2v) is 5.57. The van der Waals surface area contributed by atoms with Crippen LogP contribution in [0.4, 0.5) is 10.5 Å². The molecule has 0 fully saturated rings. The molecule has 21 heavy (non-hydrogen) atoms. The summed E-state index contributed by atoms with van der Waals surface area (Å²) in [6.45, 7) is 4.01. The van der Waals surface area contributed by atoms with Crippen molar-refractivity contribution in [3.8, 4) is 6.07 Å². The van der Waals surface area contributed by atoms with Crippen molar-refractivity contribution in [1.82, 2.24) is 4.90 Å². The number of aromatic carboxylic acids is 1. The third-order valence-corrected chi connectivity index (χ3v) is 3.20. The normalized spacial score (nSPS) is 10.0. The highest BCUT2D eigenvalue weighted by molar-refractivity contribution is 9.10. The van der Waals surface area contributed by atoms with Crippen molar-refractivity contribution in [2.24, 2.45) is 0 Å². The van der Waals surface area contributed by atoms with E-state index in [0.29, 0.717) is 16.7 Å². The number of hydrogen-bond acceptors (Lipinski definition) is 3. The minimum absolute atomic E-state index is 0.0653. The summed E-state index contributed by atoms with van der Waals surface area (Å²) in [6, 6.07) is 6.02. The van der Waals surface area contributed by atoms with Crippen LogP contribution < -0.4 is 5.32 Å². The van der Waals surface area contributed by atoms with Gasteiger partial charge in [0.05, 0.1) is 18.1 Å². The van der Waals surface area contributed by atoms with E-state index in [-0.39, 0.29) is 24.1 Å². The number of nitriles is 1. The third-order valence-electron chi connectivity index (χ3n) is 2.74. The smallest absolute Gasteiger partial charge is 0.335 e. The number of urea groups is 1. The van der Waals surface area contributed by atoms with Gasteiger partial charge in [0.25, 0.3) is 0 Å². The number of nitrogens with zero attached hydrogens (tertiary/aromatic N) is 2. The minimum atomic E-state index is -1.07. The average Bonchev–Trinajstić information content (AvgIpc) is 2.37. The molecule has 112 valence electrons. The van der Waals surface area contributed by atoms with Crippen LogP contribution in [0.3, 0.4) is 0 Å². The highest BCUT2D eigenvalue weighted by Crippen LogP contribution is 2.20. The summed E-state index contributed by atoms with van der Waals surface area (Å²) >= 11 is 3.21. The van der Waals surface area contributed by atoms with Crippen LogP contribution in [0.1, 0.15) is 30.6 Å². The Morgan fingerprint density at radius 2 is 2.10 bits per heavy atom. The van der Waals surface area contributed by atoms with Gasteiger partial charge >= 0.3 is 12.0 Å². The van der Waals surface area contributed by atoms with Crippen molar-refractivity contribution in [3.05, 3.63) is 28.2 Å². The lowest BCUT2D eigenvalue weighted by Gasteiger charge is -2.26. The van der Waals surface area contributed by atoms with Gasteiger partial charge in [-0.2, -0.15) is 5.26 Å². The highest BCUT2D eigenvalue weighted by atomic mass is 79.9. The molecular formula is C14H16BrN3O3. The van der Waals surface area contributed by atoms with E-state index >= 15 is 0 Å². The monoisotopic (exact) mass is 353 g/mol. The summed E-state index contributed by atoms with van der Waals surface area (Å²) in [5.41, 5.74) is 0.460. The molecule has 0 spiro atoms. The average molecular weight is 354 g/mol. The topological polar surface area (TPSA) is 93.4 Å². The van der Waals surface area contributed by atoms with Crippen LogP contribution in [0.15, 0.2) is 22.7 Å². The molecule has 6 nitrogen and oxygen atoms in total. The zero-order valence-electron chi connectivity index (χ0n) is 11.8. The predicted molar refractivity (Wildman–Crippen MR) is 82.2 cm³/mol. The van der Waals surface area contributed by atoms with E-state index in [0.717, 1.165) is 0 Å². The maximum absolute atomic E-state index is 12.2. The molecule has 2 N–H and O–H groups in total. The van der Waals surface area contributed by atoms with Crippen LogP contribution in [0, 0.1) is 11.3 Å². The number of carboxylic acids is 1. The summed E-state index contributed by atoms with van der Waals surface area (Å²) < 4.78 is 0.561. The van der Waals surface area contributed by atoms with E-state index in [4.69, 9.17) is 10.4 Å². The Morgan fingerprint density at radius 3 is 2.62 bits per heavy atom. The maximum Gasteiger partial charge on any atom is 0.335 e. The first-order valence-electron chi connectivity index (χ1n) is 6.33. The van der Waals surface area contributed by atoms with Crippen molar-refractivity contribution in [3.63, 3.8) is 0 Å². The van der Waals surface area contributed by atoms with Crippen molar-refractivity contribution in [2.75, 3.05) is 11.9 Å². The molecule has 7 heteroatoms. The first-order chi connectivity index (χ1) is 9.85. The number of halogens is 1. The molecule has 0 radical (unpaired) electrons. The molecule has 2 amide bonds. The lowest BCUT2D eigenvalue weighted by atomic mass is 10.2. The fourth-order valence-electron chi connectivity index (χ4n) is 1.75. The SMILES string of the molecule is CC(C)N(CCC#N)C(=O)Nc1cc(Br)cc(C(=O)O)c1. The van der Waals surface area contributed by atoms with E-state index in [1.807, 2.05) is 19.9 Å². The third kappa shape index (κ3) is 5.08. The second-order valence-electron chi connectivity index (χ2n) is 4.66. The van der Waals surface area contributed by atoms with E-state index < -0.39 is 5.97 Å². The molecule has 1 aromatic carbocycles. The molecular weight excluding hydrogens is 338 g/mol. The highest BCUT2D eigenvalue weighted by Gasteiger charge is 2.17. The lowest BCUT2D eigenvalue weighted by molar-refractivity contribution is 0.0696. The number of anilines is 1. The molecule has 1 aromatic rings. The zero-order valence-corrected chi connectivity index (χ0v) is 13.3. The van der Waals surface area contributed by atoms with Gasteiger partial charge in [0.15, 0.2) is 0 Å². The quantitative estimate of drug-likeness (QED) is 0.848. The van der Waals surface area contributed by atoms with E-state index in [9.17, 15) is 9.59 Å². The van der Waals surface area contributed by atoms with Gasteiger partial charge < -0.3 is 15.3 Å². The number of carbonyl (C=O) groups excluding carboxylic acids is 1. The van der Waals surface area contributed by atoms with Crippen LogP contribution >= 0.6 is 15.9 Å². The molecule has 0 aliphatic rings. The zero-order chi connectivity index (χ0) is 16.0. The molecule has 0 atom stereocenters. The van der Waals surface area contributed by atoms with Crippen LogP contribution in [-0.2, 0) is 0 Å². The van der Waals surface area contributed by atoms with Crippen LogP contribution in [0.2, 0.25) is 0 Å². The van der Waals surface area contributed by atoms with Gasteiger partial charge in [-0.15, -0.1) is 0 Å². The lowest BCUT2D eigenvalue weighted by Crippen LogP contribution is -2.40. The standard InChI is InChI=1S/C14H16BrN3O3/c1-9(2)18(5-3-4-16)14(21)17-12-7-10(13(19)20)6-11(15)8-12/h6-9H,3,5H2,1-2H3,(H,17,21)(H,19,20). The van der Waals surface area contributed by atoms with Crippen LogP contribution in [0.5, 0.6) is 0 Å². The van der Waals surface area contributed by atoms with Crippen LogP contribution in [-0.4, -0.2) is 34.6 Å². The molecule has 0 bridgehead atoms. The van der Waals surface area contributed by atoms with E-state index in [2.05, 4.69) is 21.2 Å². The number of carbonyl (C=O) groups is 2. The fraction of sp³-hybridized carbons (Fsp3) is 0.357. The van der Waals surface area contributed by atoms with Gasteiger partial charge in [0, 0.05) is 22.7 Å². The number of hydrogen-bond donors (Lipinski definition) is 2. The van der Waals surface area contributed by atoms with Gasteiger partial charge in [-0.1, -0.05) is 15.9 Å².